The van der Waals surface area contributed by atoms with Crippen LogP contribution in [0.1, 0.15) is 22.4 Å². The lowest BCUT2D eigenvalue weighted by Crippen LogP contribution is -2.13. The maximum absolute atomic E-state index is 4.93. The second-order valence-electron chi connectivity index (χ2n) is 7.82. The number of benzene rings is 2. The molecule has 1 N–H and O–H groups in total. The summed E-state index contributed by atoms with van der Waals surface area (Å²) >= 11 is 0. The number of fused-ring (bicyclic) bond motifs is 1. The lowest BCUT2D eigenvalue weighted by atomic mass is 10.1. The molecule has 6 nitrogen and oxygen atoms in total. The third-order valence-corrected chi connectivity index (χ3v) is 5.29. The summed E-state index contributed by atoms with van der Waals surface area (Å²) in [6.45, 7) is 5.55. The molecule has 3 aromatic heterocycles. The minimum Gasteiger partial charge on any atom is -0.307 e. The van der Waals surface area contributed by atoms with E-state index >= 15 is 0 Å². The van der Waals surface area contributed by atoms with Crippen molar-refractivity contribution in [1.29, 1.82) is 0 Å². The van der Waals surface area contributed by atoms with E-state index < -0.39 is 0 Å². The van der Waals surface area contributed by atoms with Gasteiger partial charge in [0.15, 0.2) is 0 Å². The summed E-state index contributed by atoms with van der Waals surface area (Å²) in [6.07, 6.45) is 7.83. The molecule has 31 heavy (non-hydrogen) atoms. The highest BCUT2D eigenvalue weighted by molar-refractivity contribution is 5.64. The van der Waals surface area contributed by atoms with E-state index in [0.717, 1.165) is 28.2 Å². The molecule has 0 fully saturated rings. The molecule has 5 rings (SSSR count). The first-order chi connectivity index (χ1) is 15.2. The third kappa shape index (κ3) is 4.11. The maximum Gasteiger partial charge on any atom is 0.233 e. The molecule has 0 aliphatic heterocycles. The number of nitrogens with one attached hydrogen (secondary N) is 1. The van der Waals surface area contributed by atoms with Gasteiger partial charge in [0.25, 0.3) is 0 Å². The van der Waals surface area contributed by atoms with Crippen LogP contribution in [-0.2, 0) is 13.1 Å². The van der Waals surface area contributed by atoms with Crippen molar-refractivity contribution in [2.45, 2.75) is 26.9 Å². The maximum atomic E-state index is 4.93. The number of hydrogen-bond acceptors (Lipinski definition) is 4. The predicted molar refractivity (Wildman–Crippen MR) is 122 cm³/mol. The van der Waals surface area contributed by atoms with Crippen LogP contribution in [0, 0.1) is 13.8 Å². The van der Waals surface area contributed by atoms with Crippen LogP contribution in [0.4, 0.5) is 0 Å². The van der Waals surface area contributed by atoms with E-state index in [4.69, 9.17) is 5.10 Å². The van der Waals surface area contributed by atoms with Crippen molar-refractivity contribution in [1.82, 2.24) is 29.5 Å². The fraction of sp³-hybridized carbons (Fsp3) is 0.160. The summed E-state index contributed by atoms with van der Waals surface area (Å²) < 4.78 is 3.90. The zero-order chi connectivity index (χ0) is 21.2. The number of aryl methyl sites for hydroxylation is 2. The molecule has 0 amide bonds. The van der Waals surface area contributed by atoms with Crippen LogP contribution in [0.25, 0.3) is 22.7 Å². The summed E-state index contributed by atoms with van der Waals surface area (Å²) in [5, 5.41) is 8.45. The number of imidazole rings is 1. The van der Waals surface area contributed by atoms with E-state index in [0.29, 0.717) is 18.9 Å². The average Bonchev–Trinajstić information content (AvgIpc) is 3.38. The summed E-state index contributed by atoms with van der Waals surface area (Å²) in [5.74, 6) is 0.715. The highest BCUT2D eigenvalue weighted by atomic mass is 15.3. The van der Waals surface area contributed by atoms with Crippen molar-refractivity contribution in [3.63, 3.8) is 0 Å². The topological polar surface area (TPSA) is 60.0 Å². The van der Waals surface area contributed by atoms with Crippen molar-refractivity contribution in [3.8, 4) is 16.9 Å². The van der Waals surface area contributed by atoms with E-state index in [1.807, 2.05) is 27.5 Å². The van der Waals surface area contributed by atoms with Crippen molar-refractivity contribution in [3.05, 3.63) is 102 Å². The molecule has 0 aliphatic carbocycles. The van der Waals surface area contributed by atoms with E-state index in [2.05, 4.69) is 83.9 Å². The zero-order valence-electron chi connectivity index (χ0n) is 17.7. The van der Waals surface area contributed by atoms with Gasteiger partial charge in [-0.2, -0.15) is 5.10 Å². The van der Waals surface area contributed by atoms with E-state index in [1.165, 1.54) is 11.1 Å². The van der Waals surface area contributed by atoms with Crippen molar-refractivity contribution in [2.75, 3.05) is 0 Å². The van der Waals surface area contributed by atoms with Crippen LogP contribution in [0.15, 0.2) is 79.4 Å². The van der Waals surface area contributed by atoms with Crippen LogP contribution >= 0.6 is 0 Å². The minimum absolute atomic E-state index is 0.659. The molecule has 0 atom stereocenters. The SMILES string of the molecule is Cc1ccc(-n2cc(CNCc3cn4cccnc4n3)c(-c3cccc(C)c3)n2)cc1. The smallest absolute Gasteiger partial charge is 0.233 e. The molecular weight excluding hydrogens is 384 g/mol. The molecule has 154 valence electrons. The largest absolute Gasteiger partial charge is 0.307 e. The molecule has 6 heteroatoms. The molecule has 2 aromatic carbocycles. The van der Waals surface area contributed by atoms with Gasteiger partial charge in [-0.25, -0.2) is 14.6 Å². The van der Waals surface area contributed by atoms with Gasteiger partial charge in [0.2, 0.25) is 5.78 Å². The molecule has 5 aromatic rings. The van der Waals surface area contributed by atoms with Crippen LogP contribution in [-0.4, -0.2) is 24.1 Å². The van der Waals surface area contributed by atoms with Crippen molar-refractivity contribution >= 4 is 5.78 Å². The Hall–Kier alpha value is -3.77. The van der Waals surface area contributed by atoms with Crippen LogP contribution in [0.5, 0.6) is 0 Å². The van der Waals surface area contributed by atoms with E-state index in [1.54, 1.807) is 6.20 Å². The van der Waals surface area contributed by atoms with Crippen molar-refractivity contribution in [2.24, 2.45) is 0 Å². The Morgan fingerprint density at radius 2 is 1.77 bits per heavy atom. The lowest BCUT2D eigenvalue weighted by Gasteiger charge is -2.05. The molecular formula is C25H24N6. The Kier molecular flexibility index (Phi) is 5.06. The first kappa shape index (κ1) is 19.2. The van der Waals surface area contributed by atoms with Gasteiger partial charge in [-0.1, -0.05) is 41.5 Å². The van der Waals surface area contributed by atoms with Gasteiger partial charge in [0.05, 0.1) is 17.1 Å². The standard InChI is InChI=1S/C25H24N6/c1-18-7-9-23(10-8-18)31-16-21(24(29-31)20-6-3-5-19(2)13-20)14-26-15-22-17-30-12-4-11-27-25(30)28-22/h3-13,16-17,26H,14-15H2,1-2H3. The van der Waals surface area contributed by atoms with Gasteiger partial charge in [0, 0.05) is 49.0 Å². The molecule has 0 saturated carbocycles. The second-order valence-corrected chi connectivity index (χ2v) is 7.82. The Morgan fingerprint density at radius 1 is 0.903 bits per heavy atom. The fourth-order valence-electron chi connectivity index (χ4n) is 3.69. The normalized spacial score (nSPS) is 11.3. The number of rotatable bonds is 6. The Bertz CT molecular complexity index is 1300. The van der Waals surface area contributed by atoms with Gasteiger partial charge in [-0.05, 0) is 38.1 Å². The van der Waals surface area contributed by atoms with Gasteiger partial charge < -0.3 is 5.32 Å². The fourth-order valence-corrected chi connectivity index (χ4v) is 3.69. The molecule has 0 bridgehead atoms. The van der Waals surface area contributed by atoms with Crippen LogP contribution in [0.3, 0.4) is 0 Å². The van der Waals surface area contributed by atoms with Crippen molar-refractivity contribution < 1.29 is 0 Å². The van der Waals surface area contributed by atoms with Crippen LogP contribution < -0.4 is 5.32 Å². The highest BCUT2D eigenvalue weighted by Crippen LogP contribution is 2.25. The summed E-state index contributed by atoms with van der Waals surface area (Å²) in [5.41, 5.74) is 7.73. The minimum atomic E-state index is 0.659. The van der Waals surface area contributed by atoms with Gasteiger partial charge in [0.1, 0.15) is 0 Å². The number of aromatic nitrogens is 5. The monoisotopic (exact) mass is 408 g/mol. The van der Waals surface area contributed by atoms with E-state index in [-0.39, 0.29) is 0 Å². The summed E-state index contributed by atoms with van der Waals surface area (Å²) in [6, 6.07) is 18.8. The highest BCUT2D eigenvalue weighted by Gasteiger charge is 2.13. The Balaban J connectivity index is 1.42. The Morgan fingerprint density at radius 3 is 2.58 bits per heavy atom. The lowest BCUT2D eigenvalue weighted by molar-refractivity contribution is 0.683. The Labute approximate surface area is 181 Å². The quantitative estimate of drug-likeness (QED) is 0.450. The summed E-state index contributed by atoms with van der Waals surface area (Å²) in [7, 11) is 0. The third-order valence-electron chi connectivity index (χ3n) is 5.29. The molecule has 0 spiro atoms. The number of nitrogens with zero attached hydrogens (tertiary/aromatic N) is 5. The molecule has 0 aliphatic rings. The molecule has 0 saturated heterocycles. The van der Waals surface area contributed by atoms with Crippen LogP contribution in [0.2, 0.25) is 0 Å². The number of hydrogen-bond donors (Lipinski definition) is 1. The molecule has 0 radical (unpaired) electrons. The first-order valence-electron chi connectivity index (χ1n) is 10.4. The van der Waals surface area contributed by atoms with E-state index in [9.17, 15) is 0 Å². The molecule has 0 unspecified atom stereocenters. The predicted octanol–water partition coefficient (Wildman–Crippen LogP) is 4.49. The van der Waals surface area contributed by atoms with Gasteiger partial charge >= 0.3 is 0 Å². The first-order valence-corrected chi connectivity index (χ1v) is 10.4. The summed E-state index contributed by atoms with van der Waals surface area (Å²) in [4.78, 5) is 8.85. The van der Waals surface area contributed by atoms with Gasteiger partial charge in [-0.15, -0.1) is 0 Å². The molecule has 3 heterocycles. The van der Waals surface area contributed by atoms with Gasteiger partial charge in [-0.3, -0.25) is 4.40 Å². The zero-order valence-corrected chi connectivity index (χ0v) is 17.7. The second kappa shape index (κ2) is 8.16. The average molecular weight is 409 g/mol.